The van der Waals surface area contributed by atoms with Crippen LogP contribution < -0.4 is 10.2 Å². The number of phenols is 1. The largest absolute Gasteiger partial charge is 0.508 e. The van der Waals surface area contributed by atoms with Crippen LogP contribution in [-0.4, -0.2) is 23.5 Å². The minimum atomic E-state index is -0.367. The van der Waals surface area contributed by atoms with Gasteiger partial charge in [0.25, 0.3) is 0 Å². The standard InChI is InChI=1S/C22H20N2O3/c25-18-10-8-15(9-11-18)13-23-22(27)17-12-21(26)24(14-17)20-7-3-5-16-4-1-2-6-19(16)20/h1-11,17,25H,12-14H2,(H,23,27). The van der Waals surface area contributed by atoms with Gasteiger partial charge in [-0.2, -0.15) is 0 Å². The Hall–Kier alpha value is -3.34. The molecule has 0 saturated carbocycles. The molecular formula is C22H20N2O3. The van der Waals surface area contributed by atoms with E-state index >= 15 is 0 Å². The molecule has 27 heavy (non-hydrogen) atoms. The average molecular weight is 360 g/mol. The quantitative estimate of drug-likeness (QED) is 0.751. The van der Waals surface area contributed by atoms with E-state index in [4.69, 9.17) is 0 Å². The summed E-state index contributed by atoms with van der Waals surface area (Å²) in [5.74, 6) is -0.332. The van der Waals surface area contributed by atoms with Gasteiger partial charge in [-0.05, 0) is 29.1 Å². The lowest BCUT2D eigenvalue weighted by molar-refractivity contribution is -0.126. The van der Waals surface area contributed by atoms with Gasteiger partial charge in [-0.3, -0.25) is 9.59 Å². The van der Waals surface area contributed by atoms with Crippen molar-refractivity contribution in [2.45, 2.75) is 13.0 Å². The number of hydrogen-bond acceptors (Lipinski definition) is 3. The SMILES string of the molecule is O=C(NCc1ccc(O)cc1)C1CC(=O)N(c2cccc3ccccc23)C1. The van der Waals surface area contributed by atoms with Crippen LogP contribution in [0.1, 0.15) is 12.0 Å². The van der Waals surface area contributed by atoms with Gasteiger partial charge in [0.05, 0.1) is 11.6 Å². The van der Waals surface area contributed by atoms with Gasteiger partial charge in [0.2, 0.25) is 11.8 Å². The second-order valence-corrected chi connectivity index (χ2v) is 6.79. The fourth-order valence-electron chi connectivity index (χ4n) is 3.51. The molecule has 1 fully saturated rings. The van der Waals surface area contributed by atoms with Crippen LogP contribution in [0.25, 0.3) is 10.8 Å². The second-order valence-electron chi connectivity index (χ2n) is 6.79. The third-order valence-electron chi connectivity index (χ3n) is 4.96. The van der Waals surface area contributed by atoms with Crippen molar-refractivity contribution in [3.63, 3.8) is 0 Å². The number of phenolic OH excluding ortho intramolecular Hbond substituents is 1. The number of aromatic hydroxyl groups is 1. The molecule has 2 amide bonds. The van der Waals surface area contributed by atoms with E-state index in [1.807, 2.05) is 42.5 Å². The van der Waals surface area contributed by atoms with E-state index in [1.54, 1.807) is 29.2 Å². The molecule has 1 heterocycles. The van der Waals surface area contributed by atoms with Crippen LogP contribution in [0.5, 0.6) is 5.75 Å². The number of nitrogens with one attached hydrogen (secondary N) is 1. The molecule has 4 rings (SSSR count). The summed E-state index contributed by atoms with van der Waals surface area (Å²) in [6, 6.07) is 20.5. The highest BCUT2D eigenvalue weighted by Gasteiger charge is 2.35. The molecule has 1 aliphatic heterocycles. The number of carbonyl (C=O) groups excluding carboxylic acids is 2. The van der Waals surface area contributed by atoms with Crippen LogP contribution in [0, 0.1) is 5.92 Å². The number of fused-ring (bicyclic) bond motifs is 1. The van der Waals surface area contributed by atoms with E-state index in [9.17, 15) is 14.7 Å². The number of benzene rings is 3. The molecule has 0 aromatic heterocycles. The van der Waals surface area contributed by atoms with Crippen molar-refractivity contribution in [3.8, 4) is 5.75 Å². The smallest absolute Gasteiger partial charge is 0.227 e. The molecule has 1 unspecified atom stereocenters. The van der Waals surface area contributed by atoms with Gasteiger partial charge in [0.15, 0.2) is 0 Å². The first-order valence-corrected chi connectivity index (χ1v) is 8.95. The molecule has 2 N–H and O–H groups in total. The summed E-state index contributed by atoms with van der Waals surface area (Å²) < 4.78 is 0. The lowest BCUT2D eigenvalue weighted by Gasteiger charge is -2.19. The summed E-state index contributed by atoms with van der Waals surface area (Å²) in [5.41, 5.74) is 1.75. The fourth-order valence-corrected chi connectivity index (χ4v) is 3.51. The number of anilines is 1. The minimum Gasteiger partial charge on any atom is -0.508 e. The summed E-state index contributed by atoms with van der Waals surface area (Å²) in [4.78, 5) is 26.8. The van der Waals surface area contributed by atoms with Crippen molar-refractivity contribution in [1.29, 1.82) is 0 Å². The molecule has 136 valence electrons. The van der Waals surface area contributed by atoms with Crippen LogP contribution in [-0.2, 0) is 16.1 Å². The summed E-state index contributed by atoms with van der Waals surface area (Å²) in [6.45, 7) is 0.756. The molecular weight excluding hydrogens is 340 g/mol. The first kappa shape index (κ1) is 17.1. The monoisotopic (exact) mass is 360 g/mol. The van der Waals surface area contributed by atoms with Gasteiger partial charge in [-0.25, -0.2) is 0 Å². The summed E-state index contributed by atoms with van der Waals surface area (Å²) in [6.07, 6.45) is 0.213. The zero-order valence-electron chi connectivity index (χ0n) is 14.8. The predicted molar refractivity (Wildman–Crippen MR) is 104 cm³/mol. The van der Waals surface area contributed by atoms with Crippen LogP contribution in [0.3, 0.4) is 0 Å². The summed E-state index contributed by atoms with van der Waals surface area (Å²) >= 11 is 0. The van der Waals surface area contributed by atoms with E-state index < -0.39 is 0 Å². The number of carbonyl (C=O) groups is 2. The number of rotatable bonds is 4. The lowest BCUT2D eigenvalue weighted by Crippen LogP contribution is -2.32. The van der Waals surface area contributed by atoms with Gasteiger partial charge >= 0.3 is 0 Å². The minimum absolute atomic E-state index is 0.0314. The normalized spacial score (nSPS) is 16.7. The van der Waals surface area contributed by atoms with Gasteiger partial charge in [-0.1, -0.05) is 48.5 Å². The molecule has 1 saturated heterocycles. The van der Waals surface area contributed by atoms with Crippen molar-refractivity contribution in [3.05, 3.63) is 72.3 Å². The van der Waals surface area contributed by atoms with Crippen molar-refractivity contribution in [2.24, 2.45) is 5.92 Å². The molecule has 0 radical (unpaired) electrons. The van der Waals surface area contributed by atoms with Gasteiger partial charge in [-0.15, -0.1) is 0 Å². The Kier molecular flexibility index (Phi) is 4.50. The molecule has 1 aliphatic rings. The maximum Gasteiger partial charge on any atom is 0.227 e. The van der Waals surface area contributed by atoms with Crippen molar-refractivity contribution in [1.82, 2.24) is 5.32 Å². The molecule has 3 aromatic rings. The van der Waals surface area contributed by atoms with Crippen molar-refractivity contribution < 1.29 is 14.7 Å². The Morgan fingerprint density at radius 2 is 1.78 bits per heavy atom. The van der Waals surface area contributed by atoms with Gasteiger partial charge < -0.3 is 15.3 Å². The van der Waals surface area contributed by atoms with Crippen LogP contribution in [0.2, 0.25) is 0 Å². The van der Waals surface area contributed by atoms with Gasteiger partial charge in [0.1, 0.15) is 5.75 Å². The Morgan fingerprint density at radius 1 is 1.04 bits per heavy atom. The molecule has 0 aliphatic carbocycles. The molecule has 0 bridgehead atoms. The van der Waals surface area contributed by atoms with Crippen molar-refractivity contribution >= 4 is 28.3 Å². The Balaban J connectivity index is 1.47. The zero-order chi connectivity index (χ0) is 18.8. The van der Waals surface area contributed by atoms with E-state index in [0.717, 1.165) is 22.0 Å². The van der Waals surface area contributed by atoms with Crippen LogP contribution in [0.15, 0.2) is 66.7 Å². The third-order valence-corrected chi connectivity index (χ3v) is 4.96. The van der Waals surface area contributed by atoms with Gasteiger partial charge in [0, 0.05) is 24.9 Å². The Labute approximate surface area is 157 Å². The predicted octanol–water partition coefficient (Wildman–Crippen LogP) is 3.21. The summed E-state index contributed by atoms with van der Waals surface area (Å²) in [5, 5.41) is 14.3. The van der Waals surface area contributed by atoms with Crippen molar-refractivity contribution in [2.75, 3.05) is 11.4 Å². The highest BCUT2D eigenvalue weighted by molar-refractivity contribution is 6.06. The highest BCUT2D eigenvalue weighted by atomic mass is 16.3. The van der Waals surface area contributed by atoms with E-state index in [0.29, 0.717) is 13.1 Å². The number of amides is 2. The van der Waals surface area contributed by atoms with Crippen LogP contribution >= 0.6 is 0 Å². The maximum absolute atomic E-state index is 12.6. The van der Waals surface area contributed by atoms with Crippen LogP contribution in [0.4, 0.5) is 5.69 Å². The maximum atomic E-state index is 12.6. The first-order chi connectivity index (χ1) is 13.1. The Bertz CT molecular complexity index is 993. The average Bonchev–Trinajstić information content (AvgIpc) is 3.08. The highest BCUT2D eigenvalue weighted by Crippen LogP contribution is 2.31. The number of hydrogen-bond donors (Lipinski definition) is 2. The second kappa shape index (κ2) is 7.11. The van der Waals surface area contributed by atoms with E-state index in [1.165, 1.54) is 0 Å². The summed E-state index contributed by atoms with van der Waals surface area (Å²) in [7, 11) is 0. The molecule has 0 spiro atoms. The first-order valence-electron chi connectivity index (χ1n) is 8.95. The molecule has 3 aromatic carbocycles. The Morgan fingerprint density at radius 3 is 2.59 bits per heavy atom. The van der Waals surface area contributed by atoms with E-state index in [2.05, 4.69) is 5.32 Å². The lowest BCUT2D eigenvalue weighted by atomic mass is 10.1. The number of nitrogens with zero attached hydrogens (tertiary/aromatic N) is 1. The third kappa shape index (κ3) is 3.49. The molecule has 5 heteroatoms. The molecule has 1 atom stereocenters. The fraction of sp³-hybridized carbons (Fsp3) is 0.182. The van der Waals surface area contributed by atoms with E-state index in [-0.39, 0.29) is 29.9 Å². The molecule has 5 nitrogen and oxygen atoms in total. The zero-order valence-corrected chi connectivity index (χ0v) is 14.8. The topological polar surface area (TPSA) is 69.6 Å².